The van der Waals surface area contributed by atoms with E-state index in [1.807, 2.05) is 36.4 Å². The molecule has 4 rings (SSSR count). The van der Waals surface area contributed by atoms with E-state index in [2.05, 4.69) is 46.9 Å². The molecular weight excluding hydrogens is 540 g/mol. The highest BCUT2D eigenvalue weighted by Crippen LogP contribution is 2.40. The summed E-state index contributed by atoms with van der Waals surface area (Å²) >= 11 is 0. The molecule has 1 heterocycles. The molecule has 8 nitrogen and oxygen atoms in total. The molecule has 3 aromatic rings. The number of carbonyl (C=O) groups excluding carboxylic acids is 1. The summed E-state index contributed by atoms with van der Waals surface area (Å²) < 4.78 is 46.0. The molecule has 1 atom stereocenters. The summed E-state index contributed by atoms with van der Waals surface area (Å²) in [5.74, 6) is 1.17. The van der Waals surface area contributed by atoms with Gasteiger partial charge in [-0.2, -0.15) is 0 Å². The van der Waals surface area contributed by atoms with Crippen LogP contribution in [0, 0.1) is 0 Å². The molecule has 1 unspecified atom stereocenters. The van der Waals surface area contributed by atoms with Crippen LogP contribution in [-0.2, 0) is 25.6 Å². The molecule has 1 N–H and O–H groups in total. The van der Waals surface area contributed by atoms with Gasteiger partial charge in [0.05, 0.1) is 30.8 Å². The largest absolute Gasteiger partial charge is 0.497 e. The second kappa shape index (κ2) is 11.6. The number of amides is 1. The maximum absolute atomic E-state index is 13.9. The van der Waals surface area contributed by atoms with Gasteiger partial charge in [0.2, 0.25) is 0 Å². The van der Waals surface area contributed by atoms with Crippen molar-refractivity contribution in [3.05, 3.63) is 77.9 Å². The predicted octanol–water partition coefficient (Wildman–Crippen LogP) is 5.44. The van der Waals surface area contributed by atoms with Crippen LogP contribution in [0.1, 0.15) is 52.7 Å². The fraction of sp³-hybridized carbons (Fsp3) is 0.406. The van der Waals surface area contributed by atoms with E-state index < -0.39 is 22.0 Å². The standard InChI is InChI=1S/C32H40N2O6S/c1-31(2,3)22-8-11-25(12-9-22)39-19-18-33-30(35)29-21-34(41(36,37)26-15-13-24(38-7)14-16-26)27-20-23(32(4,5)6)10-17-28(27)40-29/h8-17,20,29H,18-19,21H2,1-7H3,(H,33,35). The third-order valence-corrected chi connectivity index (χ3v) is 8.82. The lowest BCUT2D eigenvalue weighted by atomic mass is 9.86. The molecule has 1 aliphatic rings. The number of anilines is 1. The van der Waals surface area contributed by atoms with Crippen molar-refractivity contribution in [2.75, 3.05) is 31.1 Å². The van der Waals surface area contributed by atoms with E-state index in [-0.39, 0.29) is 35.4 Å². The van der Waals surface area contributed by atoms with Crippen molar-refractivity contribution in [1.29, 1.82) is 0 Å². The third kappa shape index (κ3) is 6.96. The van der Waals surface area contributed by atoms with Crippen molar-refractivity contribution in [2.24, 2.45) is 0 Å². The number of hydrogen-bond acceptors (Lipinski definition) is 6. The zero-order valence-electron chi connectivity index (χ0n) is 24.9. The number of methoxy groups -OCH3 is 1. The summed E-state index contributed by atoms with van der Waals surface area (Å²) in [6, 6.07) is 19.5. The number of benzene rings is 3. The number of nitrogens with zero attached hydrogens (tertiary/aromatic N) is 1. The SMILES string of the molecule is COc1ccc(S(=O)(=O)N2CC(C(=O)NCCOc3ccc(C(C)(C)C)cc3)Oc3ccc(C(C)(C)C)cc32)cc1. The lowest BCUT2D eigenvalue weighted by Gasteiger charge is -2.36. The summed E-state index contributed by atoms with van der Waals surface area (Å²) in [6.45, 7) is 12.9. The molecular formula is C32H40N2O6S. The highest BCUT2D eigenvalue weighted by Gasteiger charge is 2.38. The maximum atomic E-state index is 13.9. The number of carbonyl (C=O) groups is 1. The first-order chi connectivity index (χ1) is 19.2. The first-order valence-corrected chi connectivity index (χ1v) is 15.1. The second-order valence-electron chi connectivity index (χ2n) is 12.2. The van der Waals surface area contributed by atoms with E-state index in [4.69, 9.17) is 14.2 Å². The molecule has 3 aromatic carbocycles. The normalized spacial score (nSPS) is 15.5. The molecule has 220 valence electrons. The molecule has 41 heavy (non-hydrogen) atoms. The van der Waals surface area contributed by atoms with E-state index in [0.717, 1.165) is 5.56 Å². The topological polar surface area (TPSA) is 94.2 Å². The molecule has 9 heteroatoms. The van der Waals surface area contributed by atoms with Gasteiger partial charge in [-0.1, -0.05) is 59.7 Å². The van der Waals surface area contributed by atoms with Gasteiger partial charge in [-0.05, 0) is 70.5 Å². The second-order valence-corrected chi connectivity index (χ2v) is 14.0. The minimum atomic E-state index is -4.01. The number of sulfonamides is 1. The minimum absolute atomic E-state index is 0.0498. The molecule has 0 bridgehead atoms. The van der Waals surface area contributed by atoms with Gasteiger partial charge in [-0.15, -0.1) is 0 Å². The number of ether oxygens (including phenoxy) is 3. The molecule has 0 saturated heterocycles. The number of hydrogen-bond donors (Lipinski definition) is 1. The Bertz CT molecular complexity index is 1470. The molecule has 1 amide bonds. The molecule has 0 fully saturated rings. The molecule has 1 aliphatic heterocycles. The Labute approximate surface area is 243 Å². The van der Waals surface area contributed by atoms with Crippen molar-refractivity contribution in [1.82, 2.24) is 5.32 Å². The van der Waals surface area contributed by atoms with Crippen LogP contribution in [0.3, 0.4) is 0 Å². The van der Waals surface area contributed by atoms with Crippen LogP contribution in [0.2, 0.25) is 0 Å². The van der Waals surface area contributed by atoms with Gasteiger partial charge in [0, 0.05) is 0 Å². The van der Waals surface area contributed by atoms with Gasteiger partial charge in [0.15, 0.2) is 6.10 Å². The Morgan fingerprint density at radius 3 is 2.07 bits per heavy atom. The summed E-state index contributed by atoms with van der Waals surface area (Å²) in [7, 11) is -2.49. The predicted molar refractivity (Wildman–Crippen MR) is 161 cm³/mol. The van der Waals surface area contributed by atoms with E-state index in [9.17, 15) is 13.2 Å². The summed E-state index contributed by atoms with van der Waals surface area (Å²) in [5.41, 5.74) is 2.39. The Hall–Kier alpha value is -3.72. The van der Waals surface area contributed by atoms with Gasteiger partial charge < -0.3 is 19.5 Å². The Morgan fingerprint density at radius 2 is 1.49 bits per heavy atom. The zero-order chi connectivity index (χ0) is 30.0. The number of nitrogens with one attached hydrogen (secondary N) is 1. The molecule has 0 aromatic heterocycles. The van der Waals surface area contributed by atoms with Crippen LogP contribution < -0.4 is 23.8 Å². The monoisotopic (exact) mass is 580 g/mol. The van der Waals surface area contributed by atoms with E-state index in [1.165, 1.54) is 29.1 Å². The van der Waals surface area contributed by atoms with Crippen LogP contribution >= 0.6 is 0 Å². The molecule has 0 spiro atoms. The van der Waals surface area contributed by atoms with Crippen molar-refractivity contribution >= 4 is 21.6 Å². The van der Waals surface area contributed by atoms with Crippen molar-refractivity contribution < 1.29 is 27.4 Å². The minimum Gasteiger partial charge on any atom is -0.497 e. The van der Waals surface area contributed by atoms with Gasteiger partial charge in [-0.25, -0.2) is 8.42 Å². The Balaban J connectivity index is 1.50. The molecule has 0 radical (unpaired) electrons. The van der Waals surface area contributed by atoms with Crippen LogP contribution in [0.15, 0.2) is 71.6 Å². The van der Waals surface area contributed by atoms with Crippen LogP contribution in [0.25, 0.3) is 0 Å². The average molecular weight is 581 g/mol. The molecule has 0 aliphatic carbocycles. The van der Waals surface area contributed by atoms with E-state index in [0.29, 0.717) is 22.9 Å². The summed E-state index contributed by atoms with van der Waals surface area (Å²) in [5, 5.41) is 2.82. The highest BCUT2D eigenvalue weighted by atomic mass is 32.2. The lowest BCUT2D eigenvalue weighted by Crippen LogP contribution is -2.51. The van der Waals surface area contributed by atoms with Crippen LogP contribution in [-0.4, -0.2) is 47.2 Å². The maximum Gasteiger partial charge on any atom is 0.264 e. The van der Waals surface area contributed by atoms with Crippen molar-refractivity contribution in [2.45, 2.75) is 63.4 Å². The van der Waals surface area contributed by atoms with Gasteiger partial charge in [-0.3, -0.25) is 9.10 Å². The quantitative estimate of drug-likeness (QED) is 0.357. The zero-order valence-corrected chi connectivity index (χ0v) is 25.7. The van der Waals surface area contributed by atoms with Crippen molar-refractivity contribution in [3.63, 3.8) is 0 Å². The fourth-order valence-electron chi connectivity index (χ4n) is 4.47. The average Bonchev–Trinajstić information content (AvgIpc) is 2.93. The fourth-order valence-corrected chi connectivity index (χ4v) is 5.93. The smallest absolute Gasteiger partial charge is 0.264 e. The van der Waals surface area contributed by atoms with Crippen LogP contribution in [0.5, 0.6) is 17.2 Å². The molecule has 0 saturated carbocycles. The van der Waals surface area contributed by atoms with E-state index >= 15 is 0 Å². The number of rotatable bonds is 8. The Kier molecular flexibility index (Phi) is 8.59. The first-order valence-electron chi connectivity index (χ1n) is 13.7. The summed E-state index contributed by atoms with van der Waals surface area (Å²) in [4.78, 5) is 13.3. The lowest BCUT2D eigenvalue weighted by molar-refractivity contribution is -0.127. The van der Waals surface area contributed by atoms with Crippen molar-refractivity contribution in [3.8, 4) is 17.2 Å². The van der Waals surface area contributed by atoms with E-state index in [1.54, 1.807) is 18.2 Å². The first kappa shape index (κ1) is 30.2. The summed E-state index contributed by atoms with van der Waals surface area (Å²) in [6.07, 6.45) is -1.04. The number of fused-ring (bicyclic) bond motifs is 1. The van der Waals surface area contributed by atoms with Gasteiger partial charge in [0.25, 0.3) is 15.9 Å². The van der Waals surface area contributed by atoms with Gasteiger partial charge in [0.1, 0.15) is 23.9 Å². The van der Waals surface area contributed by atoms with Gasteiger partial charge >= 0.3 is 0 Å². The third-order valence-electron chi connectivity index (χ3n) is 7.02. The Morgan fingerprint density at radius 1 is 0.902 bits per heavy atom. The van der Waals surface area contributed by atoms with Crippen LogP contribution in [0.4, 0.5) is 5.69 Å². The highest BCUT2D eigenvalue weighted by molar-refractivity contribution is 7.92.